The van der Waals surface area contributed by atoms with Gasteiger partial charge in [0.2, 0.25) is 5.91 Å². The molecule has 2 rings (SSSR count). The number of nitrogens with one attached hydrogen (secondary N) is 2. The summed E-state index contributed by atoms with van der Waals surface area (Å²) in [7, 11) is 0. The van der Waals surface area contributed by atoms with Crippen molar-refractivity contribution in [1.82, 2.24) is 0 Å². The molecule has 0 heterocycles. The standard InChI is InChI=1S/C18H19ClN2O3/c1-3-17(22)20-13-5-4-6-14(10-13)21-18(23)11-24-15-7-8-16(19)12(2)9-15/h4-10H,3,11H2,1-2H3,(H,20,22)(H,21,23). The second-order valence-electron chi connectivity index (χ2n) is 5.23. The highest BCUT2D eigenvalue weighted by molar-refractivity contribution is 6.31. The molecule has 2 aromatic rings. The summed E-state index contributed by atoms with van der Waals surface area (Å²) in [5, 5.41) is 6.12. The summed E-state index contributed by atoms with van der Waals surface area (Å²) in [6.45, 7) is 3.52. The molecule has 0 fully saturated rings. The van der Waals surface area contributed by atoms with Crippen LogP contribution in [0.1, 0.15) is 18.9 Å². The van der Waals surface area contributed by atoms with Crippen LogP contribution < -0.4 is 15.4 Å². The number of amides is 2. The van der Waals surface area contributed by atoms with Gasteiger partial charge in [-0.1, -0.05) is 24.6 Å². The van der Waals surface area contributed by atoms with E-state index in [0.717, 1.165) is 5.56 Å². The first-order valence-corrected chi connectivity index (χ1v) is 7.94. The molecule has 0 saturated heterocycles. The van der Waals surface area contributed by atoms with Crippen LogP contribution >= 0.6 is 11.6 Å². The number of hydrogen-bond donors (Lipinski definition) is 2. The first-order valence-electron chi connectivity index (χ1n) is 7.56. The van der Waals surface area contributed by atoms with Crippen LogP contribution in [0.3, 0.4) is 0 Å². The van der Waals surface area contributed by atoms with Crippen molar-refractivity contribution >= 4 is 34.8 Å². The monoisotopic (exact) mass is 346 g/mol. The Balaban J connectivity index is 1.91. The van der Waals surface area contributed by atoms with Gasteiger partial charge in [-0.05, 0) is 48.9 Å². The lowest BCUT2D eigenvalue weighted by Crippen LogP contribution is -2.20. The van der Waals surface area contributed by atoms with Crippen LogP contribution in [0.2, 0.25) is 5.02 Å². The summed E-state index contributed by atoms with van der Waals surface area (Å²) in [5.74, 6) is 0.206. The van der Waals surface area contributed by atoms with Crippen molar-refractivity contribution in [2.75, 3.05) is 17.2 Å². The number of hydrogen-bond acceptors (Lipinski definition) is 3. The van der Waals surface area contributed by atoms with Gasteiger partial charge in [-0.2, -0.15) is 0 Å². The van der Waals surface area contributed by atoms with Gasteiger partial charge in [-0.25, -0.2) is 0 Å². The summed E-state index contributed by atoms with van der Waals surface area (Å²) < 4.78 is 5.45. The van der Waals surface area contributed by atoms with Crippen molar-refractivity contribution in [3.05, 3.63) is 53.1 Å². The lowest BCUT2D eigenvalue weighted by molar-refractivity contribution is -0.118. The molecule has 0 saturated carbocycles. The Morgan fingerprint density at radius 2 is 1.71 bits per heavy atom. The summed E-state index contributed by atoms with van der Waals surface area (Å²) in [6, 6.07) is 12.2. The molecule has 0 radical (unpaired) electrons. The minimum Gasteiger partial charge on any atom is -0.484 e. The number of rotatable bonds is 6. The third-order valence-electron chi connectivity index (χ3n) is 3.25. The summed E-state index contributed by atoms with van der Waals surface area (Å²) in [6.07, 6.45) is 0.394. The van der Waals surface area contributed by atoms with Gasteiger partial charge in [0.05, 0.1) is 0 Å². The topological polar surface area (TPSA) is 67.4 Å². The zero-order valence-corrected chi connectivity index (χ0v) is 14.3. The van der Waals surface area contributed by atoms with Crippen LogP contribution in [0.4, 0.5) is 11.4 Å². The van der Waals surface area contributed by atoms with Crippen LogP contribution in [0.5, 0.6) is 5.75 Å². The molecule has 6 heteroatoms. The van der Waals surface area contributed by atoms with Gasteiger partial charge in [0.25, 0.3) is 5.91 Å². The Morgan fingerprint density at radius 3 is 2.33 bits per heavy atom. The fraction of sp³-hybridized carbons (Fsp3) is 0.222. The normalized spacial score (nSPS) is 10.1. The minimum absolute atomic E-state index is 0.0834. The molecular formula is C18H19ClN2O3. The van der Waals surface area contributed by atoms with E-state index in [9.17, 15) is 9.59 Å². The van der Waals surface area contributed by atoms with Crippen molar-refractivity contribution in [2.45, 2.75) is 20.3 Å². The molecule has 2 N–H and O–H groups in total. The first kappa shape index (κ1) is 17.8. The largest absolute Gasteiger partial charge is 0.484 e. The first-order chi connectivity index (χ1) is 11.5. The zero-order valence-electron chi connectivity index (χ0n) is 13.6. The Labute approximate surface area is 146 Å². The molecule has 0 bridgehead atoms. The fourth-order valence-corrected chi connectivity index (χ4v) is 2.09. The minimum atomic E-state index is -0.290. The molecule has 126 valence electrons. The smallest absolute Gasteiger partial charge is 0.262 e. The lowest BCUT2D eigenvalue weighted by atomic mass is 10.2. The molecule has 0 atom stereocenters. The third kappa shape index (κ3) is 5.28. The maximum Gasteiger partial charge on any atom is 0.262 e. The number of benzene rings is 2. The number of aryl methyl sites for hydroxylation is 1. The number of ether oxygens (including phenoxy) is 1. The van der Waals surface area contributed by atoms with Gasteiger partial charge in [-0.3, -0.25) is 9.59 Å². The van der Waals surface area contributed by atoms with Gasteiger partial charge in [-0.15, -0.1) is 0 Å². The predicted octanol–water partition coefficient (Wildman–Crippen LogP) is 4.01. The molecular weight excluding hydrogens is 328 g/mol. The fourth-order valence-electron chi connectivity index (χ4n) is 1.98. The highest BCUT2D eigenvalue weighted by Crippen LogP contribution is 2.21. The Morgan fingerprint density at radius 1 is 1.04 bits per heavy atom. The van der Waals surface area contributed by atoms with Crippen LogP contribution in [0, 0.1) is 6.92 Å². The summed E-state index contributed by atoms with van der Waals surface area (Å²) in [5.41, 5.74) is 2.10. The molecule has 5 nitrogen and oxygen atoms in total. The van der Waals surface area contributed by atoms with Crippen LogP contribution in [0.15, 0.2) is 42.5 Å². The number of anilines is 2. The van der Waals surface area contributed by atoms with Crippen LogP contribution in [-0.4, -0.2) is 18.4 Å². The van der Waals surface area contributed by atoms with E-state index in [1.165, 1.54) is 0 Å². The van der Waals surface area contributed by atoms with E-state index in [0.29, 0.717) is 28.6 Å². The zero-order chi connectivity index (χ0) is 17.5. The van der Waals surface area contributed by atoms with Crippen molar-refractivity contribution in [3.8, 4) is 5.75 Å². The highest BCUT2D eigenvalue weighted by atomic mass is 35.5. The summed E-state index contributed by atoms with van der Waals surface area (Å²) in [4.78, 5) is 23.4. The molecule has 0 aliphatic rings. The quantitative estimate of drug-likeness (QED) is 0.830. The Kier molecular flexibility index (Phi) is 6.21. The lowest BCUT2D eigenvalue weighted by Gasteiger charge is -2.10. The second-order valence-corrected chi connectivity index (χ2v) is 5.64. The number of carbonyl (C=O) groups is 2. The summed E-state index contributed by atoms with van der Waals surface area (Å²) >= 11 is 5.95. The van der Waals surface area contributed by atoms with Gasteiger partial charge < -0.3 is 15.4 Å². The van der Waals surface area contributed by atoms with E-state index < -0.39 is 0 Å². The van der Waals surface area contributed by atoms with Gasteiger partial charge in [0, 0.05) is 22.8 Å². The van der Waals surface area contributed by atoms with Gasteiger partial charge in [0.1, 0.15) is 5.75 Å². The van der Waals surface area contributed by atoms with Crippen molar-refractivity contribution in [3.63, 3.8) is 0 Å². The molecule has 2 amide bonds. The molecule has 2 aromatic carbocycles. The molecule has 0 aliphatic heterocycles. The van der Waals surface area contributed by atoms with Crippen LogP contribution in [0.25, 0.3) is 0 Å². The number of carbonyl (C=O) groups excluding carboxylic acids is 2. The van der Waals surface area contributed by atoms with E-state index in [1.807, 2.05) is 6.92 Å². The Bertz CT molecular complexity index is 747. The molecule has 0 aromatic heterocycles. The third-order valence-corrected chi connectivity index (χ3v) is 3.67. The second kappa shape index (κ2) is 8.36. The van der Waals surface area contributed by atoms with E-state index >= 15 is 0 Å². The molecule has 0 spiro atoms. The van der Waals surface area contributed by atoms with E-state index in [4.69, 9.17) is 16.3 Å². The van der Waals surface area contributed by atoms with E-state index in [1.54, 1.807) is 49.4 Å². The highest BCUT2D eigenvalue weighted by Gasteiger charge is 2.06. The van der Waals surface area contributed by atoms with Crippen molar-refractivity contribution in [1.29, 1.82) is 0 Å². The average Bonchev–Trinajstić information content (AvgIpc) is 2.56. The maximum atomic E-state index is 12.0. The van der Waals surface area contributed by atoms with Crippen molar-refractivity contribution in [2.24, 2.45) is 0 Å². The van der Waals surface area contributed by atoms with E-state index in [2.05, 4.69) is 10.6 Å². The average molecular weight is 347 g/mol. The molecule has 0 unspecified atom stereocenters. The SMILES string of the molecule is CCC(=O)Nc1cccc(NC(=O)COc2ccc(Cl)c(C)c2)c1. The maximum absolute atomic E-state index is 12.0. The predicted molar refractivity (Wildman–Crippen MR) is 95.7 cm³/mol. The number of halogens is 1. The molecule has 24 heavy (non-hydrogen) atoms. The molecule has 0 aliphatic carbocycles. The van der Waals surface area contributed by atoms with Crippen LogP contribution in [-0.2, 0) is 9.59 Å². The van der Waals surface area contributed by atoms with Gasteiger partial charge >= 0.3 is 0 Å². The Hall–Kier alpha value is -2.53. The van der Waals surface area contributed by atoms with E-state index in [-0.39, 0.29) is 18.4 Å². The van der Waals surface area contributed by atoms with Crippen molar-refractivity contribution < 1.29 is 14.3 Å². The van der Waals surface area contributed by atoms with Gasteiger partial charge in [0.15, 0.2) is 6.61 Å².